The number of benzene rings is 1. The van der Waals surface area contributed by atoms with E-state index in [0.717, 1.165) is 18.9 Å². The summed E-state index contributed by atoms with van der Waals surface area (Å²) >= 11 is 0. The number of carbonyl (C=O) groups is 1. The van der Waals surface area contributed by atoms with Crippen molar-refractivity contribution in [3.8, 4) is 0 Å². The third kappa shape index (κ3) is 5.31. The number of nitrogens with one attached hydrogen (secondary N) is 2. The number of aliphatic hydroxyl groups is 1. The number of piperidine rings is 1. The number of ether oxygens (including phenoxy) is 1. The van der Waals surface area contributed by atoms with Crippen molar-refractivity contribution in [1.29, 1.82) is 0 Å². The van der Waals surface area contributed by atoms with E-state index >= 15 is 0 Å². The summed E-state index contributed by atoms with van der Waals surface area (Å²) in [6, 6.07) is 3.76. The lowest BCUT2D eigenvalue weighted by molar-refractivity contribution is -0.140. The van der Waals surface area contributed by atoms with Gasteiger partial charge in [-0.15, -0.1) is 0 Å². The van der Waals surface area contributed by atoms with Gasteiger partial charge in [0, 0.05) is 30.9 Å². The second kappa shape index (κ2) is 10.5. The van der Waals surface area contributed by atoms with Gasteiger partial charge >= 0.3 is 6.18 Å². The zero-order valence-electron chi connectivity index (χ0n) is 20.6. The molecule has 2 aliphatic heterocycles. The summed E-state index contributed by atoms with van der Waals surface area (Å²) in [6.45, 7) is 3.56. The first-order chi connectivity index (χ1) is 18.1. The Morgan fingerprint density at radius 3 is 2.68 bits per heavy atom. The monoisotopic (exact) mass is 536 g/mol. The molecule has 5 rings (SSSR count). The minimum atomic E-state index is -4.84. The Hall–Kier alpha value is -3.29. The van der Waals surface area contributed by atoms with Gasteiger partial charge in [-0.1, -0.05) is 12.1 Å². The van der Waals surface area contributed by atoms with Crippen LogP contribution in [0.5, 0.6) is 0 Å². The van der Waals surface area contributed by atoms with Gasteiger partial charge in [0.05, 0.1) is 48.2 Å². The molecule has 3 aromatic rings. The molecule has 13 heteroatoms. The first-order valence-corrected chi connectivity index (χ1v) is 12.4. The molecule has 204 valence electrons. The molecule has 2 unspecified atom stereocenters. The fourth-order valence-electron chi connectivity index (χ4n) is 5.02. The average Bonchev–Trinajstić information content (AvgIpc) is 3.52. The number of alkyl halides is 3. The van der Waals surface area contributed by atoms with Crippen LogP contribution in [0.4, 0.5) is 23.2 Å². The van der Waals surface area contributed by atoms with Crippen molar-refractivity contribution in [2.45, 2.75) is 50.2 Å². The van der Waals surface area contributed by atoms with Crippen molar-refractivity contribution in [1.82, 2.24) is 25.2 Å². The van der Waals surface area contributed by atoms with E-state index in [-0.39, 0.29) is 23.2 Å². The molecule has 0 aliphatic carbocycles. The van der Waals surface area contributed by atoms with Crippen molar-refractivity contribution in [2.75, 3.05) is 31.2 Å². The highest BCUT2D eigenvalue weighted by Gasteiger charge is 2.35. The second-order valence-corrected chi connectivity index (χ2v) is 9.68. The van der Waals surface area contributed by atoms with E-state index < -0.39 is 35.6 Å². The number of aliphatic hydroxyl groups excluding tert-OH is 1. The summed E-state index contributed by atoms with van der Waals surface area (Å²) in [5.41, 5.74) is -0.179. The van der Waals surface area contributed by atoms with E-state index in [4.69, 9.17) is 4.74 Å². The zero-order valence-corrected chi connectivity index (χ0v) is 20.6. The van der Waals surface area contributed by atoms with Crippen LogP contribution >= 0.6 is 0 Å². The Balaban J connectivity index is 1.31. The topological polar surface area (TPSA) is 104 Å². The standard InChI is InChI=1S/C25H28F4N6O3/c1-14(17-3-2-4-18(22(17)26)25(27,28)29)32-24(37)15-9-20(23-30-13-31-35(23)10-15)34-7-5-16(6-8-34)33-19-11-38-12-21(19)36/h2-4,9-10,13-14,16,19,21,33,36H,5-8,11-12H2,1H3,(H,32,37)/t14-,19?,21?/m1/s1. The Labute approximate surface area is 215 Å². The lowest BCUT2D eigenvalue weighted by atomic mass is 10.0. The Bertz CT molecular complexity index is 1310. The molecule has 9 nitrogen and oxygen atoms in total. The fraction of sp³-hybridized carbons (Fsp3) is 0.480. The molecule has 3 N–H and O–H groups in total. The SMILES string of the molecule is C[C@@H](NC(=O)c1cc(N2CCC(NC3COCC3O)CC2)c2ncnn2c1)c1cccc(C(F)(F)F)c1F. The summed E-state index contributed by atoms with van der Waals surface area (Å²) in [5, 5.41) is 20.2. The van der Waals surface area contributed by atoms with Gasteiger partial charge in [0.1, 0.15) is 12.1 Å². The molecule has 38 heavy (non-hydrogen) atoms. The van der Waals surface area contributed by atoms with Gasteiger partial charge in [-0.3, -0.25) is 4.79 Å². The molecule has 2 aliphatic rings. The van der Waals surface area contributed by atoms with Crippen LogP contribution in [0.3, 0.4) is 0 Å². The number of aromatic nitrogens is 3. The maximum absolute atomic E-state index is 14.6. The number of fused-ring (bicyclic) bond motifs is 1. The zero-order chi connectivity index (χ0) is 27.0. The number of hydrogen-bond donors (Lipinski definition) is 3. The molecule has 2 fully saturated rings. The normalized spacial score (nSPS) is 21.7. The van der Waals surface area contributed by atoms with E-state index in [2.05, 4.69) is 25.6 Å². The van der Waals surface area contributed by atoms with Crippen molar-refractivity contribution >= 4 is 17.2 Å². The number of pyridine rings is 1. The molecule has 3 atom stereocenters. The number of amides is 1. The van der Waals surface area contributed by atoms with Crippen molar-refractivity contribution < 1.29 is 32.2 Å². The maximum Gasteiger partial charge on any atom is 0.419 e. The molecular weight excluding hydrogens is 508 g/mol. The molecule has 0 radical (unpaired) electrons. The number of anilines is 1. The number of rotatable bonds is 6. The van der Waals surface area contributed by atoms with Gasteiger partial charge in [0.2, 0.25) is 0 Å². The lowest BCUT2D eigenvalue weighted by Crippen LogP contribution is -2.49. The highest BCUT2D eigenvalue weighted by molar-refractivity contribution is 5.96. The highest BCUT2D eigenvalue weighted by atomic mass is 19.4. The summed E-state index contributed by atoms with van der Waals surface area (Å²) in [7, 11) is 0. The third-order valence-corrected chi connectivity index (χ3v) is 7.10. The van der Waals surface area contributed by atoms with Crippen LogP contribution in [0.2, 0.25) is 0 Å². The highest BCUT2D eigenvalue weighted by Crippen LogP contribution is 2.34. The van der Waals surface area contributed by atoms with Gasteiger partial charge in [-0.25, -0.2) is 13.9 Å². The van der Waals surface area contributed by atoms with E-state index in [1.165, 1.54) is 30.0 Å². The van der Waals surface area contributed by atoms with Crippen LogP contribution in [-0.4, -0.2) is 70.1 Å². The predicted octanol–water partition coefficient (Wildman–Crippen LogP) is 2.70. The molecule has 1 amide bonds. The summed E-state index contributed by atoms with van der Waals surface area (Å²) < 4.78 is 60.8. The molecule has 0 spiro atoms. The van der Waals surface area contributed by atoms with Crippen LogP contribution in [0, 0.1) is 5.82 Å². The lowest BCUT2D eigenvalue weighted by Gasteiger charge is -2.35. The van der Waals surface area contributed by atoms with Gasteiger partial charge < -0.3 is 25.4 Å². The molecule has 2 saturated heterocycles. The molecule has 1 aromatic carbocycles. The van der Waals surface area contributed by atoms with Crippen molar-refractivity contribution in [3.63, 3.8) is 0 Å². The number of halogens is 4. The minimum absolute atomic E-state index is 0.0922. The van der Waals surface area contributed by atoms with Crippen LogP contribution in [0.1, 0.15) is 47.3 Å². The largest absolute Gasteiger partial charge is 0.419 e. The van der Waals surface area contributed by atoms with Gasteiger partial charge in [-0.2, -0.15) is 18.3 Å². The van der Waals surface area contributed by atoms with Crippen LogP contribution in [0.25, 0.3) is 5.65 Å². The third-order valence-electron chi connectivity index (χ3n) is 7.10. The first-order valence-electron chi connectivity index (χ1n) is 12.4. The van der Waals surface area contributed by atoms with Crippen molar-refractivity contribution in [2.24, 2.45) is 0 Å². The number of nitrogens with zero attached hydrogens (tertiary/aromatic N) is 4. The maximum atomic E-state index is 14.6. The summed E-state index contributed by atoms with van der Waals surface area (Å²) in [4.78, 5) is 19.5. The van der Waals surface area contributed by atoms with E-state index in [1.54, 1.807) is 6.07 Å². The second-order valence-electron chi connectivity index (χ2n) is 9.68. The summed E-state index contributed by atoms with van der Waals surface area (Å²) in [5.74, 6) is -1.99. The average molecular weight is 537 g/mol. The quantitative estimate of drug-likeness (QED) is 0.417. The van der Waals surface area contributed by atoms with E-state index in [0.29, 0.717) is 43.7 Å². The van der Waals surface area contributed by atoms with Gasteiger partial charge in [0.15, 0.2) is 5.65 Å². The smallest absolute Gasteiger partial charge is 0.389 e. The molecular formula is C25H28F4N6O3. The molecule has 0 bridgehead atoms. The van der Waals surface area contributed by atoms with Crippen molar-refractivity contribution in [3.05, 3.63) is 59.3 Å². The summed E-state index contributed by atoms with van der Waals surface area (Å²) in [6.07, 6.45) is -0.920. The Morgan fingerprint density at radius 1 is 1.24 bits per heavy atom. The molecule has 2 aromatic heterocycles. The minimum Gasteiger partial charge on any atom is -0.389 e. The van der Waals surface area contributed by atoms with E-state index in [9.17, 15) is 27.5 Å². The number of carbonyl (C=O) groups excluding carboxylic acids is 1. The predicted molar refractivity (Wildman–Crippen MR) is 129 cm³/mol. The van der Waals surface area contributed by atoms with Gasteiger partial charge in [0.25, 0.3) is 5.91 Å². The molecule has 0 saturated carbocycles. The fourth-order valence-corrected chi connectivity index (χ4v) is 5.02. The Morgan fingerprint density at radius 2 is 2.00 bits per heavy atom. The first kappa shape index (κ1) is 26.3. The van der Waals surface area contributed by atoms with Crippen LogP contribution < -0.4 is 15.5 Å². The van der Waals surface area contributed by atoms with E-state index in [1.807, 2.05) is 0 Å². The number of hydrogen-bond acceptors (Lipinski definition) is 7. The van der Waals surface area contributed by atoms with Crippen LogP contribution in [-0.2, 0) is 10.9 Å². The molecule has 4 heterocycles. The van der Waals surface area contributed by atoms with Gasteiger partial charge in [-0.05, 0) is 31.9 Å². The Kier molecular flexibility index (Phi) is 7.25. The van der Waals surface area contributed by atoms with Crippen LogP contribution in [0.15, 0.2) is 36.8 Å².